The van der Waals surface area contributed by atoms with Crippen LogP contribution in [0.1, 0.15) is 25.0 Å². The number of para-hydroxylation sites is 2. The molecule has 0 radical (unpaired) electrons. The molecule has 3 nitrogen and oxygen atoms in total. The van der Waals surface area contributed by atoms with E-state index in [9.17, 15) is 0 Å². The SMILES string of the molecule is CC1(C)c2ccccc2-c2ccc(-c3ccc(-c4cc5c6cc7ccccc7cc6n6c5c(c4)n4c5ccccc5nc46)cc3)cc21. The van der Waals surface area contributed by atoms with Crippen molar-refractivity contribution in [3.05, 3.63) is 151 Å². The third kappa shape index (κ3) is 3.23. The number of nitrogens with zero attached hydrogens (tertiary/aromatic N) is 3. The third-order valence-electron chi connectivity index (χ3n) is 10.8. The minimum Gasteiger partial charge on any atom is -0.277 e. The van der Waals surface area contributed by atoms with Crippen LogP contribution in [-0.2, 0) is 5.41 Å². The summed E-state index contributed by atoms with van der Waals surface area (Å²) in [5.41, 5.74) is 16.2. The van der Waals surface area contributed by atoms with Gasteiger partial charge in [-0.3, -0.25) is 8.80 Å². The molecule has 0 aliphatic heterocycles. The van der Waals surface area contributed by atoms with Gasteiger partial charge in [0, 0.05) is 16.2 Å². The van der Waals surface area contributed by atoms with E-state index in [1.54, 1.807) is 0 Å². The van der Waals surface area contributed by atoms with E-state index in [-0.39, 0.29) is 5.41 Å². The number of benzene rings is 7. The maximum atomic E-state index is 5.16. The second kappa shape index (κ2) is 8.65. The van der Waals surface area contributed by atoms with Crippen molar-refractivity contribution in [3.63, 3.8) is 0 Å². The molecule has 10 aromatic rings. The maximum absolute atomic E-state index is 5.16. The number of imidazole rings is 2. The molecule has 3 heterocycles. The predicted octanol–water partition coefficient (Wildman–Crippen LogP) is 11.3. The van der Waals surface area contributed by atoms with E-state index < -0.39 is 0 Å². The summed E-state index contributed by atoms with van der Waals surface area (Å²) in [4.78, 5) is 5.16. The van der Waals surface area contributed by atoms with Gasteiger partial charge in [-0.1, -0.05) is 111 Å². The lowest BCUT2D eigenvalue weighted by Crippen LogP contribution is -2.14. The topological polar surface area (TPSA) is 21.7 Å². The Bertz CT molecular complexity index is 2920. The predicted molar refractivity (Wildman–Crippen MR) is 196 cm³/mol. The first-order valence-corrected chi connectivity index (χ1v) is 16.4. The third-order valence-corrected chi connectivity index (χ3v) is 10.8. The van der Waals surface area contributed by atoms with Gasteiger partial charge in [0.05, 0.1) is 27.6 Å². The van der Waals surface area contributed by atoms with Crippen LogP contribution in [0.25, 0.3) is 88.3 Å². The highest BCUT2D eigenvalue weighted by Crippen LogP contribution is 2.49. The van der Waals surface area contributed by atoms with E-state index in [4.69, 9.17) is 4.98 Å². The molecule has 0 fully saturated rings. The number of hydrogen-bond donors (Lipinski definition) is 0. The fraction of sp³-hybridized carbons (Fsp3) is 0.0682. The highest BCUT2D eigenvalue weighted by Gasteiger charge is 2.35. The summed E-state index contributed by atoms with van der Waals surface area (Å²) >= 11 is 0. The molecule has 0 saturated carbocycles. The molecule has 0 amide bonds. The summed E-state index contributed by atoms with van der Waals surface area (Å²) in [6.45, 7) is 4.69. The molecule has 1 aliphatic carbocycles. The summed E-state index contributed by atoms with van der Waals surface area (Å²) in [6, 6.07) is 51.5. The summed E-state index contributed by atoms with van der Waals surface area (Å²) in [6.07, 6.45) is 0. The standard InChI is InChI=1S/C44H29N3/c1-44(2)36-12-6-5-11-32(36)33-20-19-30(23-37(33)44)26-15-17-27(18-16-26)31-22-35-34-21-28-9-3-4-10-29(28)24-40(34)47-42(35)41(25-31)46-39-14-8-7-13-38(39)45-43(46)47/h3-25H,1-2H3. The molecule has 7 aromatic carbocycles. The zero-order valence-electron chi connectivity index (χ0n) is 26.1. The van der Waals surface area contributed by atoms with Crippen molar-refractivity contribution in [1.82, 2.24) is 13.8 Å². The molecular weight excluding hydrogens is 571 g/mol. The number of rotatable bonds is 2. The highest BCUT2D eigenvalue weighted by atomic mass is 15.2. The van der Waals surface area contributed by atoms with Gasteiger partial charge in [-0.15, -0.1) is 0 Å². The van der Waals surface area contributed by atoms with E-state index in [0.29, 0.717) is 0 Å². The minimum atomic E-state index is -0.0131. The average molecular weight is 600 g/mol. The lowest BCUT2D eigenvalue weighted by Gasteiger charge is -2.22. The zero-order chi connectivity index (χ0) is 31.0. The first-order valence-electron chi connectivity index (χ1n) is 16.4. The first-order chi connectivity index (χ1) is 23.0. The van der Waals surface area contributed by atoms with E-state index in [1.165, 1.54) is 82.6 Å². The van der Waals surface area contributed by atoms with Gasteiger partial charge in [0.15, 0.2) is 0 Å². The van der Waals surface area contributed by atoms with Gasteiger partial charge in [-0.25, -0.2) is 4.98 Å². The highest BCUT2D eigenvalue weighted by molar-refractivity contribution is 6.19. The van der Waals surface area contributed by atoms with Crippen molar-refractivity contribution in [3.8, 4) is 33.4 Å². The summed E-state index contributed by atoms with van der Waals surface area (Å²) in [5, 5.41) is 5.02. The van der Waals surface area contributed by atoms with Gasteiger partial charge >= 0.3 is 0 Å². The molecule has 11 rings (SSSR count). The molecule has 0 bridgehead atoms. The quantitative estimate of drug-likeness (QED) is 0.194. The second-order valence-electron chi connectivity index (χ2n) is 13.7. The van der Waals surface area contributed by atoms with Gasteiger partial charge in [-0.05, 0) is 97.7 Å². The molecule has 0 saturated heterocycles. The Morgan fingerprint density at radius 1 is 0.468 bits per heavy atom. The Hall–Kier alpha value is -5.93. The number of hydrogen-bond acceptors (Lipinski definition) is 1. The number of aromatic nitrogens is 3. The molecule has 1 aliphatic rings. The lowest BCUT2D eigenvalue weighted by atomic mass is 9.81. The van der Waals surface area contributed by atoms with Crippen molar-refractivity contribution in [2.24, 2.45) is 0 Å². The van der Waals surface area contributed by atoms with Crippen molar-refractivity contribution in [2.45, 2.75) is 19.3 Å². The molecule has 3 aromatic heterocycles. The summed E-state index contributed by atoms with van der Waals surface area (Å²) in [7, 11) is 0. The van der Waals surface area contributed by atoms with Gasteiger partial charge in [0.25, 0.3) is 0 Å². The van der Waals surface area contributed by atoms with Crippen LogP contribution in [0.4, 0.5) is 0 Å². The van der Waals surface area contributed by atoms with E-state index >= 15 is 0 Å². The first kappa shape index (κ1) is 25.3. The lowest BCUT2D eigenvalue weighted by molar-refractivity contribution is 0.660. The average Bonchev–Trinajstić information content (AvgIpc) is 3.81. The molecule has 47 heavy (non-hydrogen) atoms. The Labute approximate surface area is 271 Å². The van der Waals surface area contributed by atoms with Crippen LogP contribution in [0.3, 0.4) is 0 Å². The van der Waals surface area contributed by atoms with Crippen LogP contribution >= 0.6 is 0 Å². The normalized spacial score (nSPS) is 13.9. The minimum absolute atomic E-state index is 0.0131. The smallest absolute Gasteiger partial charge is 0.220 e. The molecule has 3 heteroatoms. The Morgan fingerprint density at radius 2 is 1.15 bits per heavy atom. The molecule has 0 N–H and O–H groups in total. The fourth-order valence-corrected chi connectivity index (χ4v) is 8.49. The van der Waals surface area contributed by atoms with E-state index in [0.717, 1.165) is 16.8 Å². The Morgan fingerprint density at radius 3 is 2.00 bits per heavy atom. The van der Waals surface area contributed by atoms with Crippen LogP contribution in [-0.4, -0.2) is 13.8 Å². The monoisotopic (exact) mass is 599 g/mol. The van der Waals surface area contributed by atoms with Crippen molar-refractivity contribution in [2.75, 3.05) is 0 Å². The van der Waals surface area contributed by atoms with Gasteiger partial charge in [-0.2, -0.15) is 0 Å². The summed E-state index contributed by atoms with van der Waals surface area (Å²) < 4.78 is 4.71. The van der Waals surface area contributed by atoms with Crippen LogP contribution in [0.2, 0.25) is 0 Å². The molecule has 0 unspecified atom stereocenters. The molecule has 0 atom stereocenters. The fourth-order valence-electron chi connectivity index (χ4n) is 8.49. The number of fused-ring (bicyclic) bond motifs is 12. The van der Waals surface area contributed by atoms with E-state index in [1.807, 2.05) is 0 Å². The Balaban J connectivity index is 1.11. The van der Waals surface area contributed by atoms with Gasteiger partial charge in [0.1, 0.15) is 0 Å². The van der Waals surface area contributed by atoms with Gasteiger partial charge in [0.2, 0.25) is 5.78 Å². The largest absolute Gasteiger partial charge is 0.277 e. The molecule has 0 spiro atoms. The molecular formula is C44H29N3. The second-order valence-corrected chi connectivity index (χ2v) is 13.7. The van der Waals surface area contributed by atoms with Crippen LogP contribution < -0.4 is 0 Å². The summed E-state index contributed by atoms with van der Waals surface area (Å²) in [5.74, 6) is 0.964. The molecule has 220 valence electrons. The zero-order valence-corrected chi connectivity index (χ0v) is 26.1. The van der Waals surface area contributed by atoms with E-state index in [2.05, 4.69) is 162 Å². The van der Waals surface area contributed by atoms with Crippen molar-refractivity contribution < 1.29 is 0 Å². The van der Waals surface area contributed by atoms with Gasteiger partial charge < -0.3 is 0 Å². The van der Waals surface area contributed by atoms with Crippen LogP contribution in [0.5, 0.6) is 0 Å². The van der Waals surface area contributed by atoms with Crippen LogP contribution in [0.15, 0.2) is 140 Å². The maximum Gasteiger partial charge on any atom is 0.220 e. The Kier molecular flexibility index (Phi) is 4.66. The van der Waals surface area contributed by atoms with Crippen molar-refractivity contribution in [1.29, 1.82) is 0 Å². The van der Waals surface area contributed by atoms with Crippen LogP contribution in [0, 0.1) is 0 Å². The van der Waals surface area contributed by atoms with Crippen molar-refractivity contribution >= 4 is 54.9 Å².